The molecule has 13 atom stereocenters. The van der Waals surface area contributed by atoms with Crippen molar-refractivity contribution >= 4 is 5.91 Å². The fourth-order valence-electron chi connectivity index (χ4n) is 14.4. The molecule has 0 aromatic carbocycles. The molecular formula is C42H72N2O7. The summed E-state index contributed by atoms with van der Waals surface area (Å²) in [6.07, 6.45) is 9.51. The summed E-state index contributed by atoms with van der Waals surface area (Å²) in [5.74, 6) is 2.06. The second kappa shape index (κ2) is 13.2. The lowest BCUT2D eigenvalue weighted by atomic mass is 9.41. The molecule has 1 amide bonds. The van der Waals surface area contributed by atoms with Crippen LogP contribution in [0, 0.1) is 56.7 Å². The largest absolute Gasteiger partial charge is 0.393 e. The maximum Gasteiger partial charge on any atom is 0.226 e. The van der Waals surface area contributed by atoms with Crippen molar-refractivity contribution in [3.63, 3.8) is 0 Å². The van der Waals surface area contributed by atoms with Crippen molar-refractivity contribution in [3.8, 4) is 0 Å². The number of aliphatic hydroxyl groups excluding tert-OH is 2. The standard InChI is InChI=1S/C42H72N2O7/c1-26(22-29(49-9)35(46)38(4,5)48)28-23-32(45)40(7)31-11-10-30-37(2,3)33(12-15-41(30)25-42(31,41)17-16-39(28,40)6)51-34-24-44(20-21-50-34)36(47)27-13-18-43(8)19-14-27/h26-35,45-46,48H,10-25H2,1-9H3/t26-,28?,29?,30+,31+,32+,33+,34?,35+,39-,40-,41-,42?/m1/s1. The zero-order valence-electron chi connectivity index (χ0n) is 33.5. The first-order chi connectivity index (χ1) is 23.9. The van der Waals surface area contributed by atoms with Crippen LogP contribution in [0.1, 0.15) is 119 Å². The Morgan fingerprint density at radius 2 is 1.65 bits per heavy atom. The van der Waals surface area contributed by atoms with E-state index in [4.69, 9.17) is 14.2 Å². The van der Waals surface area contributed by atoms with Gasteiger partial charge in [0.05, 0.1) is 37.1 Å². The number of amides is 1. The molecule has 0 aromatic heterocycles. The number of morpholine rings is 1. The average Bonchev–Trinajstić information content (AvgIpc) is 3.70. The maximum absolute atomic E-state index is 13.5. The summed E-state index contributed by atoms with van der Waals surface area (Å²) in [7, 11) is 3.77. The Morgan fingerprint density at radius 1 is 0.980 bits per heavy atom. The number of rotatable bonds is 9. The predicted molar refractivity (Wildman–Crippen MR) is 197 cm³/mol. The van der Waals surface area contributed by atoms with E-state index in [1.165, 1.54) is 25.7 Å². The van der Waals surface area contributed by atoms with Gasteiger partial charge in [-0.3, -0.25) is 4.79 Å². The van der Waals surface area contributed by atoms with E-state index in [1.807, 2.05) is 4.90 Å². The molecule has 4 unspecified atom stereocenters. The van der Waals surface area contributed by atoms with Crippen LogP contribution in [0.15, 0.2) is 0 Å². The van der Waals surface area contributed by atoms with Gasteiger partial charge in [0.1, 0.15) is 6.10 Å². The van der Waals surface area contributed by atoms with Gasteiger partial charge in [-0.25, -0.2) is 0 Å². The van der Waals surface area contributed by atoms with E-state index in [0.717, 1.165) is 51.6 Å². The molecule has 9 nitrogen and oxygen atoms in total. The van der Waals surface area contributed by atoms with Crippen molar-refractivity contribution in [3.05, 3.63) is 0 Å². The van der Waals surface area contributed by atoms with Crippen molar-refractivity contribution in [2.24, 2.45) is 56.7 Å². The minimum atomic E-state index is -1.24. The molecule has 5 aliphatic carbocycles. The molecule has 7 aliphatic rings. The number of carbonyl (C=O) groups is 1. The number of ether oxygens (including phenoxy) is 3. The summed E-state index contributed by atoms with van der Waals surface area (Å²) in [5, 5.41) is 33.6. The van der Waals surface area contributed by atoms with Gasteiger partial charge in [-0.2, -0.15) is 0 Å². The normalized spacial score (nSPS) is 45.9. The van der Waals surface area contributed by atoms with Crippen LogP contribution in [0.4, 0.5) is 0 Å². The van der Waals surface area contributed by atoms with Crippen LogP contribution in [0.5, 0.6) is 0 Å². The summed E-state index contributed by atoms with van der Waals surface area (Å²) >= 11 is 0. The molecular weight excluding hydrogens is 644 g/mol. The van der Waals surface area contributed by atoms with Crippen LogP contribution in [-0.2, 0) is 19.0 Å². The highest BCUT2D eigenvalue weighted by Gasteiger charge is 2.83. The van der Waals surface area contributed by atoms with Gasteiger partial charge in [0.25, 0.3) is 0 Å². The van der Waals surface area contributed by atoms with Crippen LogP contribution in [-0.4, -0.2) is 114 Å². The third-order valence-corrected chi connectivity index (χ3v) is 17.6. The van der Waals surface area contributed by atoms with Crippen LogP contribution in [0.2, 0.25) is 0 Å². The average molecular weight is 717 g/mol. The van der Waals surface area contributed by atoms with Crippen molar-refractivity contribution in [1.29, 1.82) is 0 Å². The van der Waals surface area contributed by atoms with E-state index >= 15 is 0 Å². The lowest BCUT2D eigenvalue weighted by Gasteiger charge is -2.64. The molecule has 3 N–H and O–H groups in total. The van der Waals surface area contributed by atoms with E-state index in [1.54, 1.807) is 21.0 Å². The van der Waals surface area contributed by atoms with Crippen molar-refractivity contribution < 1.29 is 34.3 Å². The molecule has 5 saturated carbocycles. The highest BCUT2D eigenvalue weighted by molar-refractivity contribution is 5.79. The molecule has 292 valence electrons. The summed E-state index contributed by atoms with van der Waals surface area (Å²) in [6.45, 7) is 19.1. The Morgan fingerprint density at radius 3 is 2.31 bits per heavy atom. The molecule has 51 heavy (non-hydrogen) atoms. The van der Waals surface area contributed by atoms with Gasteiger partial charge in [0, 0.05) is 25.0 Å². The molecule has 9 heteroatoms. The molecule has 2 spiro atoms. The first-order valence-corrected chi connectivity index (χ1v) is 20.7. The van der Waals surface area contributed by atoms with Crippen LogP contribution in [0.3, 0.4) is 0 Å². The smallest absolute Gasteiger partial charge is 0.226 e. The van der Waals surface area contributed by atoms with Crippen LogP contribution in [0.25, 0.3) is 0 Å². The number of nitrogens with zero attached hydrogens (tertiary/aromatic N) is 2. The minimum Gasteiger partial charge on any atom is -0.393 e. The molecule has 2 aliphatic heterocycles. The molecule has 0 bridgehead atoms. The topological polar surface area (TPSA) is 112 Å². The number of hydrogen-bond donors (Lipinski definition) is 3. The number of likely N-dealkylation sites (tertiary alicyclic amines) is 1. The van der Waals surface area contributed by atoms with E-state index in [0.29, 0.717) is 49.3 Å². The van der Waals surface area contributed by atoms with Gasteiger partial charge in [-0.15, -0.1) is 0 Å². The summed E-state index contributed by atoms with van der Waals surface area (Å²) in [5.41, 5.74) is -0.795. The highest BCUT2D eigenvalue weighted by atomic mass is 16.7. The summed E-state index contributed by atoms with van der Waals surface area (Å²) in [4.78, 5) is 17.8. The van der Waals surface area contributed by atoms with E-state index in [2.05, 4.69) is 46.6 Å². The van der Waals surface area contributed by atoms with Crippen LogP contribution < -0.4 is 0 Å². The fraction of sp³-hybridized carbons (Fsp3) is 0.976. The zero-order chi connectivity index (χ0) is 36.9. The predicted octanol–water partition coefficient (Wildman–Crippen LogP) is 5.48. The van der Waals surface area contributed by atoms with Gasteiger partial charge in [0.2, 0.25) is 5.91 Å². The third-order valence-electron chi connectivity index (χ3n) is 17.6. The fourth-order valence-corrected chi connectivity index (χ4v) is 14.4. The Bertz CT molecular complexity index is 1300. The Balaban J connectivity index is 1.04. The van der Waals surface area contributed by atoms with E-state index in [-0.39, 0.29) is 57.9 Å². The van der Waals surface area contributed by atoms with Gasteiger partial charge in [0.15, 0.2) is 6.29 Å². The Labute approximate surface area is 308 Å². The summed E-state index contributed by atoms with van der Waals surface area (Å²) in [6, 6.07) is 0. The second-order valence-electron chi connectivity index (χ2n) is 20.5. The zero-order valence-corrected chi connectivity index (χ0v) is 33.5. The van der Waals surface area contributed by atoms with Gasteiger partial charge < -0.3 is 39.3 Å². The van der Waals surface area contributed by atoms with Gasteiger partial charge in [-0.1, -0.05) is 34.6 Å². The Kier molecular flexibility index (Phi) is 9.92. The first kappa shape index (κ1) is 38.5. The lowest BCUT2D eigenvalue weighted by Crippen LogP contribution is -2.60. The molecule has 0 aromatic rings. The van der Waals surface area contributed by atoms with E-state index < -0.39 is 17.8 Å². The van der Waals surface area contributed by atoms with Gasteiger partial charge >= 0.3 is 0 Å². The number of hydrogen-bond acceptors (Lipinski definition) is 8. The van der Waals surface area contributed by atoms with Crippen molar-refractivity contribution in [1.82, 2.24) is 9.80 Å². The van der Waals surface area contributed by atoms with E-state index in [9.17, 15) is 20.1 Å². The molecule has 7 fully saturated rings. The highest BCUT2D eigenvalue weighted by Crippen LogP contribution is 2.89. The molecule has 2 saturated heterocycles. The SMILES string of the molecule is COC(C[C@@H](C)C1C[C@H](O)[C@@]2(C)[C@@H]3CC[C@H]4C(C)(C)[C@@H](OC5CN(C(=O)C6CCN(C)CC6)CCO5)CC[C@@]45CC35CC[C@]12C)[C@H](O)C(C)(C)O. The molecule has 0 radical (unpaired) electrons. The second-order valence-corrected chi connectivity index (χ2v) is 20.5. The lowest BCUT2D eigenvalue weighted by molar-refractivity contribution is -0.248. The van der Waals surface area contributed by atoms with Crippen molar-refractivity contribution in [2.45, 2.75) is 155 Å². The third kappa shape index (κ3) is 5.82. The number of aliphatic hydroxyl groups is 3. The summed E-state index contributed by atoms with van der Waals surface area (Å²) < 4.78 is 18.9. The first-order valence-electron chi connectivity index (χ1n) is 20.7. The number of carbonyl (C=O) groups excluding carboxylic acids is 1. The van der Waals surface area contributed by atoms with Crippen LogP contribution >= 0.6 is 0 Å². The number of fused-ring (bicyclic) bond motifs is 2. The van der Waals surface area contributed by atoms with Crippen molar-refractivity contribution in [2.75, 3.05) is 46.9 Å². The quantitative estimate of drug-likeness (QED) is 0.288. The number of piperidine rings is 1. The van der Waals surface area contributed by atoms with Gasteiger partial charge in [-0.05, 0) is 150 Å². The number of methoxy groups -OCH3 is 1. The maximum atomic E-state index is 13.5. The molecule has 7 rings (SSSR count). The Hall–Kier alpha value is -0.810. The monoisotopic (exact) mass is 717 g/mol. The molecule has 2 heterocycles. The minimum absolute atomic E-state index is 0.000198.